The smallest absolute Gasteiger partial charge is 0.252 e. The van der Waals surface area contributed by atoms with Gasteiger partial charge in [-0.3, -0.25) is 4.79 Å². The highest BCUT2D eigenvalue weighted by molar-refractivity contribution is 14.1. The van der Waals surface area contributed by atoms with Crippen LogP contribution in [0.3, 0.4) is 0 Å². The number of benzene rings is 1. The molecule has 0 aliphatic carbocycles. The Morgan fingerprint density at radius 2 is 1.14 bits per heavy atom. The van der Waals surface area contributed by atoms with Gasteiger partial charge in [-0.15, -0.1) is 0 Å². The van der Waals surface area contributed by atoms with Gasteiger partial charge < -0.3 is 5.32 Å². The van der Waals surface area contributed by atoms with Gasteiger partial charge in [-0.1, -0.05) is 115 Å². The molecule has 0 radical (unpaired) electrons. The highest BCUT2D eigenvalue weighted by atomic mass is 127. The fourth-order valence-electron chi connectivity index (χ4n) is 3.62. The topological polar surface area (TPSA) is 29.1 Å². The van der Waals surface area contributed by atoms with E-state index in [1.165, 1.54) is 96.3 Å². The van der Waals surface area contributed by atoms with E-state index < -0.39 is 0 Å². The molecule has 160 valence electrons. The van der Waals surface area contributed by atoms with E-state index in [2.05, 4.69) is 34.8 Å². The van der Waals surface area contributed by atoms with Gasteiger partial charge >= 0.3 is 0 Å². The van der Waals surface area contributed by atoms with Crippen LogP contribution < -0.4 is 5.32 Å². The Kier molecular flexibility index (Phi) is 16.8. The van der Waals surface area contributed by atoms with Gasteiger partial charge in [0.05, 0.1) is 5.56 Å². The van der Waals surface area contributed by atoms with E-state index in [-0.39, 0.29) is 5.91 Å². The summed E-state index contributed by atoms with van der Waals surface area (Å²) in [5.74, 6) is 0.0611. The SMILES string of the molecule is CCCCCCCCCCCCCCCCCCNC(=O)c1ccccc1I. The van der Waals surface area contributed by atoms with E-state index in [4.69, 9.17) is 0 Å². The summed E-state index contributed by atoms with van der Waals surface area (Å²) in [6.45, 7) is 3.08. The Balaban J connectivity index is 1.80. The van der Waals surface area contributed by atoms with Crippen molar-refractivity contribution in [3.05, 3.63) is 33.4 Å². The first kappa shape index (κ1) is 25.5. The fourth-order valence-corrected chi connectivity index (χ4v) is 4.25. The van der Waals surface area contributed by atoms with Crippen LogP contribution >= 0.6 is 22.6 Å². The molecule has 0 saturated heterocycles. The minimum Gasteiger partial charge on any atom is -0.352 e. The van der Waals surface area contributed by atoms with Crippen molar-refractivity contribution in [1.82, 2.24) is 5.32 Å². The number of hydrogen-bond donors (Lipinski definition) is 1. The molecular weight excluding hydrogens is 457 g/mol. The maximum atomic E-state index is 12.1. The molecule has 0 unspecified atom stereocenters. The maximum absolute atomic E-state index is 12.1. The first-order valence-electron chi connectivity index (χ1n) is 11.8. The molecule has 0 aromatic heterocycles. The normalized spacial score (nSPS) is 10.9. The van der Waals surface area contributed by atoms with Crippen molar-refractivity contribution in [2.45, 2.75) is 110 Å². The molecule has 0 aliphatic rings. The van der Waals surface area contributed by atoms with Gasteiger partial charge in [-0.05, 0) is 41.1 Å². The molecule has 1 N–H and O–H groups in total. The first-order chi connectivity index (χ1) is 13.8. The number of halogens is 1. The molecule has 1 aromatic carbocycles. The highest BCUT2D eigenvalue weighted by Gasteiger charge is 2.07. The molecule has 1 amide bonds. The van der Waals surface area contributed by atoms with Gasteiger partial charge in [0, 0.05) is 10.1 Å². The van der Waals surface area contributed by atoms with Crippen molar-refractivity contribution < 1.29 is 4.79 Å². The first-order valence-corrected chi connectivity index (χ1v) is 12.9. The molecule has 3 heteroatoms. The second-order valence-corrected chi connectivity index (χ2v) is 9.20. The van der Waals surface area contributed by atoms with Crippen LogP contribution in [0.2, 0.25) is 0 Å². The van der Waals surface area contributed by atoms with Gasteiger partial charge in [0.15, 0.2) is 0 Å². The summed E-state index contributed by atoms with van der Waals surface area (Å²) in [7, 11) is 0. The summed E-state index contributed by atoms with van der Waals surface area (Å²) in [5, 5.41) is 3.05. The van der Waals surface area contributed by atoms with Crippen molar-refractivity contribution >= 4 is 28.5 Å². The summed E-state index contributed by atoms with van der Waals surface area (Å²) in [5.41, 5.74) is 0.791. The number of carbonyl (C=O) groups is 1. The number of unbranched alkanes of at least 4 members (excludes halogenated alkanes) is 15. The largest absolute Gasteiger partial charge is 0.352 e. The van der Waals surface area contributed by atoms with Crippen molar-refractivity contribution in [2.75, 3.05) is 6.54 Å². The van der Waals surface area contributed by atoms with Gasteiger partial charge in [0.1, 0.15) is 0 Å². The van der Waals surface area contributed by atoms with Crippen molar-refractivity contribution in [1.29, 1.82) is 0 Å². The molecule has 0 aliphatic heterocycles. The van der Waals surface area contributed by atoms with Gasteiger partial charge in [0.25, 0.3) is 5.91 Å². The predicted molar refractivity (Wildman–Crippen MR) is 131 cm³/mol. The van der Waals surface area contributed by atoms with Crippen molar-refractivity contribution in [2.24, 2.45) is 0 Å². The molecular formula is C25H42INO. The summed E-state index contributed by atoms with van der Waals surface area (Å²) < 4.78 is 1.02. The van der Waals surface area contributed by atoms with Crippen LogP contribution in [-0.4, -0.2) is 12.5 Å². The third kappa shape index (κ3) is 13.6. The molecule has 28 heavy (non-hydrogen) atoms. The molecule has 0 fully saturated rings. The maximum Gasteiger partial charge on any atom is 0.252 e. The summed E-state index contributed by atoms with van der Waals surface area (Å²) in [6, 6.07) is 7.76. The van der Waals surface area contributed by atoms with Crippen LogP contribution in [0.15, 0.2) is 24.3 Å². The molecule has 0 saturated carbocycles. The van der Waals surface area contributed by atoms with E-state index in [1.54, 1.807) is 0 Å². The number of amides is 1. The average molecular weight is 500 g/mol. The number of rotatable bonds is 18. The van der Waals surface area contributed by atoms with E-state index in [1.807, 2.05) is 24.3 Å². The van der Waals surface area contributed by atoms with E-state index in [0.717, 1.165) is 22.1 Å². The lowest BCUT2D eigenvalue weighted by atomic mass is 10.0. The zero-order chi connectivity index (χ0) is 20.3. The number of carbonyl (C=O) groups excluding carboxylic acids is 1. The van der Waals surface area contributed by atoms with Crippen LogP contribution in [0.4, 0.5) is 0 Å². The lowest BCUT2D eigenvalue weighted by Crippen LogP contribution is -2.25. The quantitative estimate of drug-likeness (QED) is 0.160. The minimum absolute atomic E-state index is 0.0611. The predicted octanol–water partition coefficient (Wildman–Crippen LogP) is 8.28. The molecule has 0 heterocycles. The van der Waals surface area contributed by atoms with Crippen LogP contribution in [0.1, 0.15) is 120 Å². The minimum atomic E-state index is 0.0611. The van der Waals surface area contributed by atoms with Crippen molar-refractivity contribution in [3.8, 4) is 0 Å². The van der Waals surface area contributed by atoms with E-state index in [9.17, 15) is 4.79 Å². The second-order valence-electron chi connectivity index (χ2n) is 8.04. The van der Waals surface area contributed by atoms with Gasteiger partial charge in [0.2, 0.25) is 0 Å². The van der Waals surface area contributed by atoms with Crippen LogP contribution in [0.25, 0.3) is 0 Å². The van der Waals surface area contributed by atoms with Crippen LogP contribution in [0.5, 0.6) is 0 Å². The lowest BCUT2D eigenvalue weighted by Gasteiger charge is -2.07. The molecule has 0 spiro atoms. The number of hydrogen-bond acceptors (Lipinski definition) is 1. The van der Waals surface area contributed by atoms with E-state index in [0.29, 0.717) is 0 Å². The van der Waals surface area contributed by atoms with Gasteiger partial charge in [-0.25, -0.2) is 0 Å². The summed E-state index contributed by atoms with van der Waals surface area (Å²) in [6.07, 6.45) is 22.0. The number of nitrogens with one attached hydrogen (secondary N) is 1. The second kappa shape index (κ2) is 18.4. The Hall–Kier alpha value is -0.580. The molecule has 1 aromatic rings. The third-order valence-corrected chi connectivity index (χ3v) is 6.38. The molecule has 0 bridgehead atoms. The lowest BCUT2D eigenvalue weighted by molar-refractivity contribution is 0.0952. The zero-order valence-corrected chi connectivity index (χ0v) is 20.3. The Labute approximate surface area is 187 Å². The monoisotopic (exact) mass is 499 g/mol. The average Bonchev–Trinajstić information content (AvgIpc) is 2.70. The summed E-state index contributed by atoms with van der Waals surface area (Å²) in [4.78, 5) is 12.1. The van der Waals surface area contributed by atoms with Gasteiger partial charge in [-0.2, -0.15) is 0 Å². The van der Waals surface area contributed by atoms with Crippen molar-refractivity contribution in [3.63, 3.8) is 0 Å². The fraction of sp³-hybridized carbons (Fsp3) is 0.720. The molecule has 0 atom stereocenters. The summed E-state index contributed by atoms with van der Waals surface area (Å²) >= 11 is 2.22. The van der Waals surface area contributed by atoms with Crippen LogP contribution in [-0.2, 0) is 0 Å². The van der Waals surface area contributed by atoms with E-state index >= 15 is 0 Å². The third-order valence-electron chi connectivity index (χ3n) is 5.43. The zero-order valence-electron chi connectivity index (χ0n) is 18.1. The Bertz CT molecular complexity index is 503. The molecule has 2 nitrogen and oxygen atoms in total. The Morgan fingerprint density at radius 3 is 1.61 bits per heavy atom. The molecule has 1 rings (SSSR count). The Morgan fingerprint density at radius 1 is 0.714 bits per heavy atom. The standard InChI is InChI=1S/C25H42INO/c1-2-3-4-5-6-7-8-9-10-11-12-13-14-15-16-19-22-27-25(28)23-20-17-18-21-24(23)26/h17-18,20-21H,2-16,19,22H2,1H3,(H,27,28). The van der Waals surface area contributed by atoms with Crippen LogP contribution in [0, 0.1) is 3.57 Å². The highest BCUT2D eigenvalue weighted by Crippen LogP contribution is 2.14.